The van der Waals surface area contributed by atoms with Crippen molar-refractivity contribution in [2.24, 2.45) is 13.0 Å². The molecular weight excluding hydrogens is 297 g/mol. The van der Waals surface area contributed by atoms with E-state index < -0.39 is 24.0 Å². The lowest BCUT2D eigenvalue weighted by Crippen LogP contribution is -2.42. The standard InChI is InChI=1S/C15H19F3N2O2/c1-9(21)10-6-13(20(2)8-10)14(22)19-12-5-3-4-11(7-12)15(16,17)18/h6,8,11-12H,3-5,7H2,1-2H3,(H,19,22)/t11-,12+/m0/s1. The molecule has 2 atom stereocenters. The minimum Gasteiger partial charge on any atom is -0.348 e. The predicted molar refractivity (Wildman–Crippen MR) is 74.7 cm³/mol. The maximum atomic E-state index is 12.8. The first-order chi connectivity index (χ1) is 10.2. The molecule has 22 heavy (non-hydrogen) atoms. The molecule has 0 spiro atoms. The van der Waals surface area contributed by atoms with Crippen molar-refractivity contribution in [2.75, 3.05) is 0 Å². The van der Waals surface area contributed by atoms with E-state index in [0.29, 0.717) is 18.4 Å². The van der Waals surface area contributed by atoms with Crippen molar-refractivity contribution in [1.29, 1.82) is 0 Å². The van der Waals surface area contributed by atoms with E-state index in [4.69, 9.17) is 0 Å². The topological polar surface area (TPSA) is 51.1 Å². The fourth-order valence-corrected chi connectivity index (χ4v) is 2.86. The number of nitrogens with zero attached hydrogens (tertiary/aromatic N) is 1. The average molecular weight is 316 g/mol. The smallest absolute Gasteiger partial charge is 0.348 e. The summed E-state index contributed by atoms with van der Waals surface area (Å²) in [6.07, 6.45) is -1.65. The lowest BCUT2D eigenvalue weighted by molar-refractivity contribution is -0.183. The van der Waals surface area contributed by atoms with Crippen LogP contribution < -0.4 is 5.32 Å². The number of aryl methyl sites for hydroxylation is 1. The number of carbonyl (C=O) groups is 2. The van der Waals surface area contributed by atoms with Crippen molar-refractivity contribution in [3.8, 4) is 0 Å². The number of hydrogen-bond acceptors (Lipinski definition) is 2. The van der Waals surface area contributed by atoms with Crippen molar-refractivity contribution >= 4 is 11.7 Å². The minimum atomic E-state index is -4.21. The van der Waals surface area contributed by atoms with Crippen LogP contribution in [0.2, 0.25) is 0 Å². The number of halogens is 3. The number of carbonyl (C=O) groups excluding carboxylic acids is 2. The first-order valence-corrected chi connectivity index (χ1v) is 7.23. The van der Waals surface area contributed by atoms with Crippen molar-refractivity contribution in [3.63, 3.8) is 0 Å². The summed E-state index contributed by atoms with van der Waals surface area (Å²) in [5.74, 6) is -1.96. The molecule has 1 aromatic heterocycles. The molecule has 1 heterocycles. The highest BCUT2D eigenvalue weighted by Gasteiger charge is 2.42. The highest BCUT2D eigenvalue weighted by molar-refractivity contribution is 5.99. The Balaban J connectivity index is 2.04. The highest BCUT2D eigenvalue weighted by Crippen LogP contribution is 2.37. The van der Waals surface area contributed by atoms with Crippen LogP contribution in [0.1, 0.15) is 53.5 Å². The summed E-state index contributed by atoms with van der Waals surface area (Å²) >= 11 is 0. The minimum absolute atomic E-state index is 0.0841. The monoisotopic (exact) mass is 316 g/mol. The van der Waals surface area contributed by atoms with Crippen molar-refractivity contribution in [1.82, 2.24) is 9.88 Å². The van der Waals surface area contributed by atoms with Gasteiger partial charge in [-0.1, -0.05) is 6.42 Å². The number of nitrogens with one attached hydrogen (secondary N) is 1. The van der Waals surface area contributed by atoms with Gasteiger partial charge in [0.25, 0.3) is 5.91 Å². The molecule has 122 valence electrons. The predicted octanol–water partition coefficient (Wildman–Crippen LogP) is 3.08. The third-order valence-electron chi connectivity index (χ3n) is 4.12. The average Bonchev–Trinajstić information content (AvgIpc) is 2.80. The molecule has 1 aliphatic rings. The molecule has 1 aliphatic carbocycles. The number of hydrogen-bond donors (Lipinski definition) is 1. The van der Waals surface area contributed by atoms with Gasteiger partial charge in [0, 0.05) is 24.8 Å². The zero-order chi connectivity index (χ0) is 16.5. The fourth-order valence-electron chi connectivity index (χ4n) is 2.86. The number of Topliss-reactive ketones (excluding diaryl/α,β-unsaturated/α-hetero) is 1. The van der Waals surface area contributed by atoms with Crippen LogP contribution in [-0.4, -0.2) is 28.5 Å². The van der Waals surface area contributed by atoms with Gasteiger partial charge in [-0.25, -0.2) is 0 Å². The van der Waals surface area contributed by atoms with Gasteiger partial charge in [-0.3, -0.25) is 9.59 Å². The summed E-state index contributed by atoms with van der Waals surface area (Å²) in [6.45, 7) is 1.39. The van der Waals surface area contributed by atoms with E-state index in [2.05, 4.69) is 5.32 Å². The molecule has 0 aromatic carbocycles. The van der Waals surface area contributed by atoms with Gasteiger partial charge in [0.15, 0.2) is 5.78 Å². The number of aromatic nitrogens is 1. The maximum Gasteiger partial charge on any atom is 0.391 e. The summed E-state index contributed by atoms with van der Waals surface area (Å²) in [6, 6.07) is 0.977. The van der Waals surface area contributed by atoms with Crippen LogP contribution in [0.5, 0.6) is 0 Å². The van der Waals surface area contributed by atoms with Crippen LogP contribution in [0, 0.1) is 5.92 Å². The molecule has 1 N–H and O–H groups in total. The second kappa shape index (κ2) is 6.14. The van der Waals surface area contributed by atoms with E-state index in [9.17, 15) is 22.8 Å². The van der Waals surface area contributed by atoms with Crippen LogP contribution in [0.25, 0.3) is 0 Å². The van der Waals surface area contributed by atoms with E-state index >= 15 is 0 Å². The maximum absolute atomic E-state index is 12.8. The number of alkyl halides is 3. The molecule has 0 radical (unpaired) electrons. The van der Waals surface area contributed by atoms with Crippen LogP contribution >= 0.6 is 0 Å². The van der Waals surface area contributed by atoms with Crippen LogP contribution in [-0.2, 0) is 7.05 Å². The fraction of sp³-hybridized carbons (Fsp3) is 0.600. The Kier molecular flexibility index (Phi) is 4.63. The Morgan fingerprint density at radius 2 is 2.00 bits per heavy atom. The first kappa shape index (κ1) is 16.6. The molecule has 1 fully saturated rings. The molecule has 0 bridgehead atoms. The number of rotatable bonds is 3. The van der Waals surface area contributed by atoms with Gasteiger partial charge in [0.1, 0.15) is 5.69 Å². The van der Waals surface area contributed by atoms with E-state index in [0.717, 1.165) is 0 Å². The Labute approximate surface area is 126 Å². The van der Waals surface area contributed by atoms with Gasteiger partial charge in [0.2, 0.25) is 0 Å². The SMILES string of the molecule is CC(=O)c1cc(C(=O)N[C@@H]2CCC[C@H](C(F)(F)F)C2)n(C)c1. The van der Waals surface area contributed by atoms with E-state index in [1.165, 1.54) is 23.8 Å². The molecule has 1 saturated carbocycles. The molecule has 2 rings (SSSR count). The summed E-state index contributed by atoms with van der Waals surface area (Å²) in [5.41, 5.74) is 0.684. The molecule has 4 nitrogen and oxygen atoms in total. The number of amides is 1. The van der Waals surface area contributed by atoms with E-state index in [-0.39, 0.29) is 24.3 Å². The van der Waals surface area contributed by atoms with E-state index in [1.54, 1.807) is 7.05 Å². The Morgan fingerprint density at radius 3 is 2.55 bits per heavy atom. The second-order valence-electron chi connectivity index (χ2n) is 5.86. The summed E-state index contributed by atoms with van der Waals surface area (Å²) < 4.78 is 39.8. The van der Waals surface area contributed by atoms with Gasteiger partial charge in [-0.05, 0) is 32.3 Å². The lowest BCUT2D eigenvalue weighted by atomic mass is 9.85. The Hall–Kier alpha value is -1.79. The zero-order valence-corrected chi connectivity index (χ0v) is 12.5. The summed E-state index contributed by atoms with van der Waals surface area (Å²) in [7, 11) is 1.63. The van der Waals surface area contributed by atoms with Crippen LogP contribution in [0.3, 0.4) is 0 Å². The Morgan fingerprint density at radius 1 is 1.32 bits per heavy atom. The van der Waals surface area contributed by atoms with Crippen molar-refractivity contribution in [3.05, 3.63) is 23.5 Å². The van der Waals surface area contributed by atoms with Crippen LogP contribution in [0.4, 0.5) is 13.2 Å². The largest absolute Gasteiger partial charge is 0.391 e. The third kappa shape index (κ3) is 3.69. The quantitative estimate of drug-likeness (QED) is 0.871. The normalized spacial score (nSPS) is 22.4. The van der Waals surface area contributed by atoms with Gasteiger partial charge in [0.05, 0.1) is 5.92 Å². The molecular formula is C15H19F3N2O2. The van der Waals surface area contributed by atoms with Gasteiger partial charge in [-0.2, -0.15) is 13.2 Å². The van der Waals surface area contributed by atoms with Gasteiger partial charge in [-0.15, -0.1) is 0 Å². The molecule has 0 unspecified atom stereocenters. The second-order valence-corrected chi connectivity index (χ2v) is 5.86. The van der Waals surface area contributed by atoms with Crippen LogP contribution in [0.15, 0.2) is 12.3 Å². The molecule has 0 aliphatic heterocycles. The van der Waals surface area contributed by atoms with Crippen molar-refractivity contribution in [2.45, 2.75) is 44.8 Å². The van der Waals surface area contributed by atoms with Gasteiger partial charge >= 0.3 is 6.18 Å². The molecule has 7 heteroatoms. The molecule has 1 aromatic rings. The number of ketones is 1. The van der Waals surface area contributed by atoms with E-state index in [1.807, 2.05) is 0 Å². The highest BCUT2D eigenvalue weighted by atomic mass is 19.4. The lowest BCUT2D eigenvalue weighted by Gasteiger charge is -2.31. The Bertz CT molecular complexity index is 578. The summed E-state index contributed by atoms with van der Waals surface area (Å²) in [4.78, 5) is 23.5. The molecule has 1 amide bonds. The van der Waals surface area contributed by atoms with Gasteiger partial charge < -0.3 is 9.88 Å². The third-order valence-corrected chi connectivity index (χ3v) is 4.12. The van der Waals surface area contributed by atoms with Crippen molar-refractivity contribution < 1.29 is 22.8 Å². The molecule has 0 saturated heterocycles. The summed E-state index contributed by atoms with van der Waals surface area (Å²) in [5, 5.41) is 2.66. The zero-order valence-electron chi connectivity index (χ0n) is 12.5. The first-order valence-electron chi connectivity index (χ1n) is 7.23.